The maximum Gasteiger partial charge on any atom is 0.272 e. The molecular formula is C10H13N5O2. The molecule has 0 aliphatic rings. The molecule has 17 heavy (non-hydrogen) atoms. The molecule has 0 radical (unpaired) electrons. The minimum absolute atomic E-state index is 0.268. The SMILES string of the molecule is Cc1cc(CNC(=O)c2c(N)cnn2C)on1. The summed E-state index contributed by atoms with van der Waals surface area (Å²) in [4.78, 5) is 11.8. The normalized spacial score (nSPS) is 10.5. The summed E-state index contributed by atoms with van der Waals surface area (Å²) in [7, 11) is 1.66. The molecule has 0 aliphatic heterocycles. The molecule has 2 rings (SSSR count). The third-order valence-electron chi connectivity index (χ3n) is 2.28. The Balaban J connectivity index is 2.03. The minimum atomic E-state index is -0.295. The summed E-state index contributed by atoms with van der Waals surface area (Å²) < 4.78 is 6.40. The molecule has 0 bridgehead atoms. The lowest BCUT2D eigenvalue weighted by Crippen LogP contribution is -2.25. The maximum atomic E-state index is 11.8. The molecular weight excluding hydrogens is 222 g/mol. The zero-order chi connectivity index (χ0) is 12.4. The van der Waals surface area contributed by atoms with Gasteiger partial charge in [0.1, 0.15) is 5.69 Å². The summed E-state index contributed by atoms with van der Waals surface area (Å²) in [6, 6.07) is 1.76. The van der Waals surface area contributed by atoms with Crippen LogP contribution < -0.4 is 11.1 Å². The fourth-order valence-corrected chi connectivity index (χ4v) is 1.48. The predicted octanol–water partition coefficient (Wildman–Crippen LogP) is 0.229. The fraction of sp³-hybridized carbons (Fsp3) is 0.300. The Morgan fingerprint density at radius 2 is 2.41 bits per heavy atom. The van der Waals surface area contributed by atoms with E-state index in [1.165, 1.54) is 10.9 Å². The number of hydrogen-bond donors (Lipinski definition) is 2. The van der Waals surface area contributed by atoms with Gasteiger partial charge in [-0.3, -0.25) is 9.48 Å². The summed E-state index contributed by atoms with van der Waals surface area (Å²) in [5, 5.41) is 10.3. The lowest BCUT2D eigenvalue weighted by molar-refractivity contribution is 0.0938. The van der Waals surface area contributed by atoms with E-state index in [1.807, 2.05) is 6.92 Å². The number of carbonyl (C=O) groups is 1. The van der Waals surface area contributed by atoms with Gasteiger partial charge in [-0.15, -0.1) is 0 Å². The molecule has 0 aromatic carbocycles. The number of hydrogen-bond acceptors (Lipinski definition) is 5. The van der Waals surface area contributed by atoms with Crippen molar-refractivity contribution >= 4 is 11.6 Å². The number of anilines is 1. The van der Waals surface area contributed by atoms with E-state index < -0.39 is 0 Å². The second-order valence-corrected chi connectivity index (χ2v) is 3.69. The molecule has 0 unspecified atom stereocenters. The van der Waals surface area contributed by atoms with Crippen LogP contribution in [0.25, 0.3) is 0 Å². The average molecular weight is 235 g/mol. The molecule has 1 amide bonds. The highest BCUT2D eigenvalue weighted by atomic mass is 16.5. The lowest BCUT2D eigenvalue weighted by atomic mass is 10.3. The quantitative estimate of drug-likeness (QED) is 0.793. The number of nitrogen functional groups attached to an aromatic ring is 1. The van der Waals surface area contributed by atoms with E-state index in [4.69, 9.17) is 10.3 Å². The highest BCUT2D eigenvalue weighted by Crippen LogP contribution is 2.09. The first-order chi connectivity index (χ1) is 8.08. The monoisotopic (exact) mass is 235 g/mol. The number of carbonyl (C=O) groups excluding carboxylic acids is 1. The van der Waals surface area contributed by atoms with Gasteiger partial charge in [0.05, 0.1) is 24.1 Å². The highest BCUT2D eigenvalue weighted by Gasteiger charge is 2.15. The summed E-state index contributed by atoms with van der Waals surface area (Å²) >= 11 is 0. The van der Waals surface area contributed by atoms with Gasteiger partial charge in [0, 0.05) is 13.1 Å². The fourth-order valence-electron chi connectivity index (χ4n) is 1.48. The molecule has 0 atom stereocenters. The van der Waals surface area contributed by atoms with Gasteiger partial charge in [-0.25, -0.2) is 0 Å². The van der Waals surface area contributed by atoms with Crippen molar-refractivity contribution in [1.82, 2.24) is 20.3 Å². The standard InChI is InChI=1S/C10H13N5O2/c1-6-3-7(17-14-6)4-12-10(16)9-8(11)5-13-15(9)2/h3,5H,4,11H2,1-2H3,(H,12,16). The zero-order valence-corrected chi connectivity index (χ0v) is 9.60. The molecule has 3 N–H and O–H groups in total. The number of nitrogens with zero attached hydrogens (tertiary/aromatic N) is 3. The van der Waals surface area contributed by atoms with Gasteiger partial charge in [0.15, 0.2) is 5.76 Å². The summed E-state index contributed by atoms with van der Waals surface area (Å²) in [5.41, 5.74) is 7.09. The first kappa shape index (κ1) is 11.2. The summed E-state index contributed by atoms with van der Waals surface area (Å²) in [5.74, 6) is 0.299. The van der Waals surface area contributed by atoms with Gasteiger partial charge in [-0.2, -0.15) is 5.10 Å². The second kappa shape index (κ2) is 4.28. The highest BCUT2D eigenvalue weighted by molar-refractivity contribution is 5.97. The molecule has 0 saturated carbocycles. The van der Waals surface area contributed by atoms with Crippen LogP contribution in [0.5, 0.6) is 0 Å². The maximum absolute atomic E-state index is 11.8. The Labute approximate surface area is 97.6 Å². The number of nitrogens with one attached hydrogen (secondary N) is 1. The molecule has 7 nitrogen and oxygen atoms in total. The smallest absolute Gasteiger partial charge is 0.272 e. The number of nitrogens with two attached hydrogens (primary N) is 1. The minimum Gasteiger partial charge on any atom is -0.396 e. The van der Waals surface area contributed by atoms with Crippen molar-refractivity contribution in [3.05, 3.63) is 29.4 Å². The van der Waals surface area contributed by atoms with E-state index >= 15 is 0 Å². The van der Waals surface area contributed by atoms with Crippen molar-refractivity contribution in [2.45, 2.75) is 13.5 Å². The van der Waals surface area contributed by atoms with Crippen LogP contribution in [0.3, 0.4) is 0 Å². The predicted molar refractivity (Wildman–Crippen MR) is 60.0 cm³/mol. The second-order valence-electron chi connectivity index (χ2n) is 3.69. The molecule has 7 heteroatoms. The molecule has 0 saturated heterocycles. The van der Waals surface area contributed by atoms with Crippen molar-refractivity contribution < 1.29 is 9.32 Å². The average Bonchev–Trinajstić information content (AvgIpc) is 2.83. The number of amides is 1. The lowest BCUT2D eigenvalue weighted by Gasteiger charge is -2.03. The third-order valence-corrected chi connectivity index (χ3v) is 2.28. The zero-order valence-electron chi connectivity index (χ0n) is 9.60. The van der Waals surface area contributed by atoms with E-state index in [0.717, 1.165) is 5.69 Å². The van der Waals surface area contributed by atoms with Gasteiger partial charge in [-0.1, -0.05) is 5.16 Å². The van der Waals surface area contributed by atoms with Crippen LogP contribution >= 0.6 is 0 Å². The Morgan fingerprint density at radius 3 is 2.94 bits per heavy atom. The van der Waals surface area contributed by atoms with Crippen LogP contribution in [0.2, 0.25) is 0 Å². The van der Waals surface area contributed by atoms with Gasteiger partial charge in [-0.05, 0) is 6.92 Å². The van der Waals surface area contributed by atoms with E-state index in [9.17, 15) is 4.79 Å². The Kier molecular flexibility index (Phi) is 2.82. The molecule has 2 aromatic heterocycles. The number of aryl methyl sites for hydroxylation is 2. The summed E-state index contributed by atoms with van der Waals surface area (Å²) in [6.45, 7) is 2.08. The molecule has 0 spiro atoms. The molecule has 2 aromatic rings. The first-order valence-electron chi connectivity index (χ1n) is 5.06. The van der Waals surface area contributed by atoms with Crippen molar-refractivity contribution in [3.63, 3.8) is 0 Å². The van der Waals surface area contributed by atoms with Gasteiger partial charge in [0.25, 0.3) is 5.91 Å². The van der Waals surface area contributed by atoms with Gasteiger partial charge >= 0.3 is 0 Å². The van der Waals surface area contributed by atoms with Crippen LogP contribution in [0.15, 0.2) is 16.8 Å². The van der Waals surface area contributed by atoms with Crippen LogP contribution in [0.4, 0.5) is 5.69 Å². The van der Waals surface area contributed by atoms with Gasteiger partial charge in [0.2, 0.25) is 0 Å². The van der Waals surface area contributed by atoms with E-state index in [-0.39, 0.29) is 12.5 Å². The van der Waals surface area contributed by atoms with Crippen molar-refractivity contribution in [1.29, 1.82) is 0 Å². The molecule has 90 valence electrons. The summed E-state index contributed by atoms with van der Waals surface area (Å²) in [6.07, 6.45) is 1.44. The first-order valence-corrected chi connectivity index (χ1v) is 5.06. The third kappa shape index (κ3) is 2.27. The molecule has 0 fully saturated rings. The van der Waals surface area contributed by atoms with Crippen molar-refractivity contribution in [2.24, 2.45) is 7.05 Å². The molecule has 2 heterocycles. The van der Waals surface area contributed by atoms with Gasteiger partial charge < -0.3 is 15.6 Å². The van der Waals surface area contributed by atoms with Crippen LogP contribution in [0.1, 0.15) is 21.9 Å². The topological polar surface area (TPSA) is 99.0 Å². The molecule has 0 aliphatic carbocycles. The van der Waals surface area contributed by atoms with Crippen LogP contribution in [-0.2, 0) is 13.6 Å². The van der Waals surface area contributed by atoms with Crippen molar-refractivity contribution in [2.75, 3.05) is 5.73 Å². The van der Waals surface area contributed by atoms with E-state index in [0.29, 0.717) is 17.1 Å². The Hall–Kier alpha value is -2.31. The number of rotatable bonds is 3. The van der Waals surface area contributed by atoms with Crippen LogP contribution in [0, 0.1) is 6.92 Å². The van der Waals surface area contributed by atoms with Crippen molar-refractivity contribution in [3.8, 4) is 0 Å². The van der Waals surface area contributed by atoms with E-state index in [1.54, 1.807) is 13.1 Å². The number of aromatic nitrogens is 3. The van der Waals surface area contributed by atoms with Crippen LogP contribution in [-0.4, -0.2) is 20.8 Å². The Morgan fingerprint density at radius 1 is 1.65 bits per heavy atom. The Bertz CT molecular complexity index is 523. The van der Waals surface area contributed by atoms with E-state index in [2.05, 4.69) is 15.6 Å². The largest absolute Gasteiger partial charge is 0.396 e.